The van der Waals surface area contributed by atoms with Crippen LogP contribution in [0, 0.1) is 0 Å². The van der Waals surface area contributed by atoms with E-state index in [0.29, 0.717) is 0 Å². The number of carboxylic acid groups (broad SMARTS) is 1. The Labute approximate surface area is 295 Å². The van der Waals surface area contributed by atoms with Gasteiger partial charge in [0.2, 0.25) is 5.60 Å². The number of oxime groups is 1. The number of aromatic nitrogens is 1. The molecular weight excluding hydrogens is 639 g/mol. The van der Waals surface area contributed by atoms with Crippen LogP contribution in [0.1, 0.15) is 33.4 Å². The minimum atomic E-state index is -1.30. The summed E-state index contributed by atoms with van der Waals surface area (Å²) in [6.45, 7) is 0. The van der Waals surface area contributed by atoms with E-state index in [4.69, 9.17) is 9.82 Å². The first-order valence-electron chi connectivity index (χ1n) is 16.2. The summed E-state index contributed by atoms with van der Waals surface area (Å²) in [5, 5.41) is 20.1. The Morgan fingerprint density at radius 1 is 0.620 bits per heavy atom. The predicted molar refractivity (Wildman–Crippen MR) is 200 cm³/mol. The molecule has 0 aliphatic carbocycles. The maximum Gasteiger partial charge on any atom is 0.350 e. The fourth-order valence-electron chi connectivity index (χ4n) is 6.54. The molecule has 0 radical (unpaired) electrons. The highest BCUT2D eigenvalue weighted by molar-refractivity contribution is 7.14. The van der Waals surface area contributed by atoms with Gasteiger partial charge in [0, 0.05) is 27.6 Å². The molecule has 244 valence electrons. The van der Waals surface area contributed by atoms with Crippen LogP contribution in [-0.4, -0.2) is 22.3 Å². The predicted octanol–water partition coefficient (Wildman–Crippen LogP) is 9.59. The number of aliphatic carboxylic acids is 1. The summed E-state index contributed by atoms with van der Waals surface area (Å²) in [6.07, 6.45) is 0.768. The molecule has 0 bridgehead atoms. The number of hydrogen-bond acceptors (Lipinski definition) is 6. The van der Waals surface area contributed by atoms with Crippen LogP contribution in [-0.2, 0) is 20.8 Å². The minimum Gasteiger partial charge on any atom is -0.477 e. The Hall–Kier alpha value is -6.31. The Morgan fingerprint density at radius 2 is 1.04 bits per heavy atom. The molecule has 0 unspecified atom stereocenters. The molecule has 0 aliphatic rings. The van der Waals surface area contributed by atoms with Crippen molar-refractivity contribution in [3.05, 3.63) is 215 Å². The number of nitrogens with one attached hydrogen (secondary N) is 1. The Bertz CT molecular complexity index is 2050. The molecule has 0 spiro atoms. The van der Waals surface area contributed by atoms with Gasteiger partial charge in [0.25, 0.3) is 0 Å². The van der Waals surface area contributed by atoms with Gasteiger partial charge in [-0.1, -0.05) is 181 Å². The molecule has 0 saturated carbocycles. The topological polar surface area (TPSA) is 83.8 Å². The van der Waals surface area contributed by atoms with E-state index < -0.39 is 17.1 Å². The van der Waals surface area contributed by atoms with Gasteiger partial charge in [-0.2, -0.15) is 0 Å². The number of benzene rings is 6. The van der Waals surface area contributed by atoms with E-state index in [9.17, 15) is 9.90 Å². The zero-order valence-corrected chi connectivity index (χ0v) is 27.8. The Morgan fingerprint density at radius 3 is 1.50 bits per heavy atom. The molecule has 7 aromatic rings. The quantitative estimate of drug-likeness (QED) is 0.0768. The second-order valence-electron chi connectivity index (χ2n) is 11.6. The van der Waals surface area contributed by atoms with Crippen LogP contribution in [0.4, 0.5) is 5.13 Å². The number of rotatable bonds is 12. The maximum atomic E-state index is 11.6. The van der Waals surface area contributed by atoms with Gasteiger partial charge < -0.3 is 15.3 Å². The van der Waals surface area contributed by atoms with Crippen LogP contribution < -0.4 is 5.32 Å². The molecule has 2 N–H and O–H groups in total. The van der Waals surface area contributed by atoms with Crippen LogP contribution in [0.3, 0.4) is 0 Å². The van der Waals surface area contributed by atoms with E-state index in [-0.39, 0.29) is 0 Å². The summed E-state index contributed by atoms with van der Waals surface area (Å²) in [6, 6.07) is 58.6. The van der Waals surface area contributed by atoms with E-state index in [1.165, 1.54) is 11.3 Å². The molecule has 6 nitrogen and oxygen atoms in total. The molecule has 7 rings (SSSR count). The number of anilines is 1. The lowest BCUT2D eigenvalue weighted by Crippen LogP contribution is -2.38. The monoisotopic (exact) mass is 671 g/mol. The van der Waals surface area contributed by atoms with Crippen molar-refractivity contribution in [1.82, 2.24) is 4.98 Å². The zero-order valence-electron chi connectivity index (χ0n) is 27.0. The molecule has 0 aliphatic heterocycles. The highest BCUT2D eigenvalue weighted by atomic mass is 32.1. The lowest BCUT2D eigenvalue weighted by atomic mass is 9.77. The van der Waals surface area contributed by atoms with Crippen molar-refractivity contribution < 1.29 is 14.7 Å². The lowest BCUT2D eigenvalue weighted by molar-refractivity contribution is -0.129. The van der Waals surface area contributed by atoms with Crippen LogP contribution in [0.15, 0.2) is 186 Å². The number of hydrogen-bond donors (Lipinski definition) is 2. The van der Waals surface area contributed by atoms with Gasteiger partial charge in [0.15, 0.2) is 11.3 Å². The lowest BCUT2D eigenvalue weighted by Gasteiger charge is -2.36. The van der Waals surface area contributed by atoms with Gasteiger partial charge in [-0.3, -0.25) is 0 Å². The summed E-state index contributed by atoms with van der Waals surface area (Å²) < 4.78 is 0. The van der Waals surface area contributed by atoms with Gasteiger partial charge in [-0.25, -0.2) is 9.78 Å². The smallest absolute Gasteiger partial charge is 0.350 e. The van der Waals surface area contributed by atoms with Gasteiger partial charge in [0.1, 0.15) is 5.54 Å². The van der Waals surface area contributed by atoms with Crippen LogP contribution in [0.5, 0.6) is 0 Å². The summed E-state index contributed by atoms with van der Waals surface area (Å²) in [5.41, 5.74) is 5.06. The van der Waals surface area contributed by atoms with Gasteiger partial charge in [-0.05, 0) is 16.7 Å². The molecule has 0 fully saturated rings. The van der Waals surface area contributed by atoms with E-state index >= 15 is 0 Å². The van der Waals surface area contributed by atoms with Crippen molar-refractivity contribution in [2.45, 2.75) is 11.1 Å². The third kappa shape index (κ3) is 6.18. The molecule has 0 amide bonds. The number of carboxylic acids is 1. The van der Waals surface area contributed by atoms with Crippen molar-refractivity contribution in [2.24, 2.45) is 5.16 Å². The van der Waals surface area contributed by atoms with Crippen molar-refractivity contribution >= 4 is 28.7 Å². The second-order valence-corrected chi connectivity index (χ2v) is 12.5. The van der Waals surface area contributed by atoms with Crippen molar-refractivity contribution in [3.8, 4) is 11.3 Å². The van der Waals surface area contributed by atoms with Crippen molar-refractivity contribution in [1.29, 1.82) is 0 Å². The zero-order chi connectivity index (χ0) is 34.2. The number of carbonyl (C=O) groups is 1. The molecular formula is C43H33N3O3S. The SMILES string of the molecule is O=C(O)C=NOC(c1ccccc1)(c1ccccc1)c1ccccc1-c1csc(NC(c2ccccc2)(c2ccccc2)c2ccccc2)n1. The molecule has 0 saturated heterocycles. The molecule has 1 heterocycles. The fraction of sp³-hybridized carbons (Fsp3) is 0.0465. The minimum absolute atomic E-state index is 0.723. The van der Waals surface area contributed by atoms with E-state index in [1.54, 1.807) is 0 Å². The number of nitrogens with zero attached hydrogens (tertiary/aromatic N) is 2. The normalized spacial score (nSPS) is 11.7. The average Bonchev–Trinajstić information content (AvgIpc) is 3.66. The first-order valence-corrected chi connectivity index (χ1v) is 17.0. The van der Waals surface area contributed by atoms with Crippen LogP contribution in [0.2, 0.25) is 0 Å². The van der Waals surface area contributed by atoms with Gasteiger partial charge in [-0.15, -0.1) is 11.3 Å². The molecule has 1 aromatic heterocycles. The van der Waals surface area contributed by atoms with Crippen molar-refractivity contribution in [3.63, 3.8) is 0 Å². The molecule has 7 heteroatoms. The third-order valence-electron chi connectivity index (χ3n) is 8.71. The number of thiazole rings is 1. The standard InChI is InChI=1S/C43H33N3O3S/c47-40(48)30-44-49-43(35-24-12-4-13-25-35,36-26-14-5-15-27-36)38-29-17-16-28-37(38)39-31-50-41(45-39)46-42(32-18-6-1-7-19-32,33-20-8-2-9-21-33)34-22-10-3-11-23-34/h1-31H,(H,45,46)(H,47,48). The Balaban J connectivity index is 1.40. The van der Waals surface area contributed by atoms with Gasteiger partial charge >= 0.3 is 5.97 Å². The fourth-order valence-corrected chi connectivity index (χ4v) is 7.30. The summed E-state index contributed by atoms with van der Waals surface area (Å²) in [5.74, 6) is -1.21. The highest BCUT2D eigenvalue weighted by Gasteiger charge is 2.42. The van der Waals surface area contributed by atoms with Crippen LogP contribution >= 0.6 is 11.3 Å². The van der Waals surface area contributed by atoms with Crippen molar-refractivity contribution in [2.75, 3.05) is 5.32 Å². The molecule has 0 atom stereocenters. The highest BCUT2D eigenvalue weighted by Crippen LogP contribution is 2.46. The summed E-state index contributed by atoms with van der Waals surface area (Å²) in [7, 11) is 0. The molecule has 6 aromatic carbocycles. The van der Waals surface area contributed by atoms with Gasteiger partial charge in [0.05, 0.1) is 5.69 Å². The summed E-state index contributed by atoms with van der Waals surface area (Å²) >= 11 is 1.52. The Kier molecular flexibility index (Phi) is 9.31. The average molecular weight is 672 g/mol. The van der Waals surface area contributed by atoms with E-state index in [0.717, 1.165) is 56.0 Å². The summed E-state index contributed by atoms with van der Waals surface area (Å²) in [4.78, 5) is 23.2. The van der Waals surface area contributed by atoms with E-state index in [2.05, 4.69) is 83.3 Å². The molecule has 50 heavy (non-hydrogen) atoms. The largest absolute Gasteiger partial charge is 0.477 e. The van der Waals surface area contributed by atoms with Crippen LogP contribution in [0.25, 0.3) is 11.3 Å². The second kappa shape index (κ2) is 14.4. The maximum absolute atomic E-state index is 11.6. The first-order chi connectivity index (χ1) is 24.6. The third-order valence-corrected chi connectivity index (χ3v) is 9.47. The first kappa shape index (κ1) is 32.2. The van der Waals surface area contributed by atoms with E-state index in [1.807, 2.05) is 109 Å².